The van der Waals surface area contributed by atoms with Crippen molar-refractivity contribution in [2.75, 3.05) is 6.79 Å². The minimum atomic E-state index is -2.01. The molecule has 2 aromatic heterocycles. The van der Waals surface area contributed by atoms with Crippen molar-refractivity contribution in [1.82, 2.24) is 14.1 Å². The van der Waals surface area contributed by atoms with Crippen molar-refractivity contribution >= 4 is 34.5 Å². The van der Waals surface area contributed by atoms with Gasteiger partial charge in [-0.25, -0.2) is 18.6 Å². The Morgan fingerprint density at radius 3 is 2.63 bits per heavy atom. The number of ether oxygens (including phenoxy) is 2. The van der Waals surface area contributed by atoms with E-state index in [2.05, 4.69) is 4.98 Å². The van der Waals surface area contributed by atoms with Crippen LogP contribution in [0.3, 0.4) is 0 Å². The Balaban J connectivity index is 1.76. The summed E-state index contributed by atoms with van der Waals surface area (Å²) in [6, 6.07) is 5.06. The quantitative estimate of drug-likeness (QED) is 0.478. The molecule has 0 saturated heterocycles. The monoisotopic (exact) mass is 413 g/mol. The lowest BCUT2D eigenvalue weighted by Crippen LogP contribution is -2.31. The van der Waals surface area contributed by atoms with E-state index in [9.17, 15) is 23.6 Å². The van der Waals surface area contributed by atoms with Gasteiger partial charge < -0.3 is 19.5 Å². The average molecular weight is 413 g/mol. The van der Waals surface area contributed by atoms with Crippen molar-refractivity contribution in [1.29, 1.82) is 0 Å². The molecule has 11 heteroatoms. The van der Waals surface area contributed by atoms with Gasteiger partial charge in [0.2, 0.25) is 6.79 Å². The standard InChI is InChI=1S/C19H14BF2N3O5/c1-24-14-6-23-16-10(2-3-15-18(16)30-8-29-15)17(14)25(19(24)26)7-11-12(21)4-9(20(27)28)5-13(11)22/h2-6,27-28H,7-8H2,1H3. The van der Waals surface area contributed by atoms with Gasteiger partial charge in [0.15, 0.2) is 11.5 Å². The molecular weight excluding hydrogens is 399 g/mol. The summed E-state index contributed by atoms with van der Waals surface area (Å²) in [5.74, 6) is -1.01. The zero-order valence-electron chi connectivity index (χ0n) is 15.6. The Labute approximate surface area is 167 Å². The number of pyridine rings is 1. The molecule has 1 aliphatic heterocycles. The van der Waals surface area contributed by atoms with E-state index < -0.39 is 31.0 Å². The number of nitrogens with zero attached hydrogens (tertiary/aromatic N) is 3. The van der Waals surface area contributed by atoms with Gasteiger partial charge in [-0.1, -0.05) is 0 Å². The van der Waals surface area contributed by atoms with E-state index in [4.69, 9.17) is 9.47 Å². The van der Waals surface area contributed by atoms with E-state index in [0.717, 1.165) is 12.1 Å². The van der Waals surface area contributed by atoms with Crippen LogP contribution in [0.15, 0.2) is 35.3 Å². The molecule has 152 valence electrons. The lowest BCUT2D eigenvalue weighted by Gasteiger charge is -2.10. The van der Waals surface area contributed by atoms with E-state index in [-0.39, 0.29) is 17.8 Å². The Hall–Kier alpha value is -3.44. The first-order valence-corrected chi connectivity index (χ1v) is 8.97. The van der Waals surface area contributed by atoms with Crippen molar-refractivity contribution in [3.8, 4) is 11.5 Å². The van der Waals surface area contributed by atoms with Gasteiger partial charge >= 0.3 is 12.8 Å². The Morgan fingerprint density at radius 2 is 1.93 bits per heavy atom. The van der Waals surface area contributed by atoms with Crippen LogP contribution in [0.4, 0.5) is 8.78 Å². The molecule has 0 radical (unpaired) electrons. The first kappa shape index (κ1) is 18.6. The third-order valence-electron chi connectivity index (χ3n) is 5.25. The third kappa shape index (κ3) is 2.59. The van der Waals surface area contributed by atoms with Crippen molar-refractivity contribution in [2.45, 2.75) is 6.54 Å². The normalized spacial score (nSPS) is 12.8. The van der Waals surface area contributed by atoms with Crippen molar-refractivity contribution in [2.24, 2.45) is 7.05 Å². The van der Waals surface area contributed by atoms with Crippen LogP contribution < -0.4 is 20.6 Å². The summed E-state index contributed by atoms with van der Waals surface area (Å²) in [6.45, 7) is -0.349. The number of imidazole rings is 1. The maximum atomic E-state index is 14.6. The third-order valence-corrected chi connectivity index (χ3v) is 5.25. The highest BCUT2D eigenvalue weighted by atomic mass is 19.1. The second-order valence-corrected chi connectivity index (χ2v) is 6.95. The number of hydrogen-bond donors (Lipinski definition) is 2. The van der Waals surface area contributed by atoms with Crippen LogP contribution in [0.25, 0.3) is 21.9 Å². The topological polar surface area (TPSA) is 98.7 Å². The number of benzene rings is 2. The van der Waals surface area contributed by atoms with Crippen molar-refractivity contribution in [3.63, 3.8) is 0 Å². The number of aryl methyl sites for hydroxylation is 1. The smallest absolute Gasteiger partial charge is 0.454 e. The van der Waals surface area contributed by atoms with Crippen LogP contribution in [-0.2, 0) is 13.6 Å². The van der Waals surface area contributed by atoms with Crippen LogP contribution in [0.5, 0.6) is 11.5 Å². The van der Waals surface area contributed by atoms with Crippen LogP contribution in [-0.4, -0.2) is 38.1 Å². The molecule has 0 saturated carbocycles. The molecule has 0 fully saturated rings. The van der Waals surface area contributed by atoms with Crippen molar-refractivity contribution < 1.29 is 28.3 Å². The van der Waals surface area contributed by atoms with Gasteiger partial charge in [0.25, 0.3) is 0 Å². The lowest BCUT2D eigenvalue weighted by molar-refractivity contribution is 0.174. The largest absolute Gasteiger partial charge is 0.488 e. The second-order valence-electron chi connectivity index (χ2n) is 6.95. The summed E-state index contributed by atoms with van der Waals surface area (Å²) in [6.07, 6.45) is 1.50. The predicted molar refractivity (Wildman–Crippen MR) is 104 cm³/mol. The molecule has 2 aromatic carbocycles. The average Bonchev–Trinajstić information content (AvgIpc) is 3.29. The van der Waals surface area contributed by atoms with E-state index in [0.29, 0.717) is 33.4 Å². The van der Waals surface area contributed by atoms with E-state index >= 15 is 0 Å². The highest BCUT2D eigenvalue weighted by Crippen LogP contribution is 2.40. The predicted octanol–water partition coefficient (Wildman–Crippen LogP) is 0.623. The van der Waals surface area contributed by atoms with Gasteiger partial charge in [0, 0.05) is 18.0 Å². The molecule has 0 bridgehead atoms. The summed E-state index contributed by atoms with van der Waals surface area (Å²) in [5.41, 5.74) is 0.213. The number of halogens is 2. The zero-order chi connectivity index (χ0) is 21.2. The molecule has 0 unspecified atom stereocenters. The molecule has 0 spiro atoms. The van der Waals surface area contributed by atoms with Gasteiger partial charge in [-0.3, -0.25) is 9.13 Å². The molecule has 0 aliphatic carbocycles. The summed E-state index contributed by atoms with van der Waals surface area (Å²) < 4.78 is 42.5. The Kier molecular flexibility index (Phi) is 4.05. The van der Waals surface area contributed by atoms with Gasteiger partial charge in [-0.15, -0.1) is 0 Å². The highest BCUT2D eigenvalue weighted by molar-refractivity contribution is 6.58. The molecule has 5 rings (SSSR count). The van der Waals surface area contributed by atoms with E-state index in [1.54, 1.807) is 19.2 Å². The van der Waals surface area contributed by atoms with Crippen LogP contribution in [0.1, 0.15) is 5.56 Å². The Morgan fingerprint density at radius 1 is 1.20 bits per heavy atom. The highest BCUT2D eigenvalue weighted by Gasteiger charge is 2.24. The lowest BCUT2D eigenvalue weighted by atomic mass is 9.80. The van der Waals surface area contributed by atoms with Crippen LogP contribution in [0, 0.1) is 11.6 Å². The first-order valence-electron chi connectivity index (χ1n) is 8.97. The first-order chi connectivity index (χ1) is 14.4. The maximum Gasteiger partial charge on any atom is 0.488 e. The molecule has 30 heavy (non-hydrogen) atoms. The summed E-state index contributed by atoms with van der Waals surface area (Å²) in [7, 11) is -0.470. The molecule has 8 nitrogen and oxygen atoms in total. The fourth-order valence-electron chi connectivity index (χ4n) is 3.74. The Bertz CT molecular complexity index is 1380. The molecule has 0 atom stereocenters. The van der Waals surface area contributed by atoms with Gasteiger partial charge in [0.05, 0.1) is 23.8 Å². The minimum Gasteiger partial charge on any atom is -0.454 e. The minimum absolute atomic E-state index is 0.0508. The summed E-state index contributed by atoms with van der Waals surface area (Å²) in [5, 5.41) is 18.9. The van der Waals surface area contributed by atoms with E-state index in [1.165, 1.54) is 15.3 Å². The van der Waals surface area contributed by atoms with Gasteiger partial charge in [-0.05, 0) is 29.7 Å². The number of rotatable bonds is 3. The molecular formula is C19H14BF2N3O5. The fraction of sp³-hybridized carbons (Fsp3) is 0.158. The van der Waals surface area contributed by atoms with Gasteiger partial charge in [-0.2, -0.15) is 0 Å². The number of hydrogen-bond acceptors (Lipinski definition) is 6. The summed E-state index contributed by atoms with van der Waals surface area (Å²) in [4.78, 5) is 17.3. The van der Waals surface area contributed by atoms with Crippen LogP contribution in [0.2, 0.25) is 0 Å². The number of fused-ring (bicyclic) bond motifs is 5. The number of aromatic nitrogens is 3. The molecule has 4 aromatic rings. The second kappa shape index (κ2) is 6.54. The fourth-order valence-corrected chi connectivity index (χ4v) is 3.74. The van der Waals surface area contributed by atoms with Crippen molar-refractivity contribution in [3.05, 3.63) is 58.1 Å². The molecule has 3 heterocycles. The SMILES string of the molecule is Cn1c(=O)n(Cc2c(F)cc(B(O)O)cc2F)c2c3ccc4c(c3ncc21)OCO4. The van der Waals surface area contributed by atoms with Gasteiger partial charge in [0.1, 0.15) is 17.2 Å². The molecule has 1 aliphatic rings. The maximum absolute atomic E-state index is 14.6. The van der Waals surface area contributed by atoms with E-state index in [1.807, 2.05) is 0 Å². The zero-order valence-corrected chi connectivity index (χ0v) is 15.6. The summed E-state index contributed by atoms with van der Waals surface area (Å²) >= 11 is 0. The van der Waals surface area contributed by atoms with Crippen LogP contribution >= 0.6 is 0 Å². The molecule has 0 amide bonds. The molecule has 2 N–H and O–H groups in total.